The van der Waals surface area contributed by atoms with E-state index >= 15 is 0 Å². The number of hydrogen-bond donors (Lipinski definition) is 0. The van der Waals surface area contributed by atoms with Crippen molar-refractivity contribution in [3.8, 4) is 11.5 Å². The molecular weight excluding hydrogens is 355 g/mol. The van der Waals surface area contributed by atoms with Gasteiger partial charge in [-0.3, -0.25) is 4.90 Å². The molecule has 3 rings (SSSR count). The van der Waals surface area contributed by atoms with Crippen LogP contribution in [0.15, 0.2) is 18.2 Å². The average molecular weight is 377 g/mol. The van der Waals surface area contributed by atoms with E-state index in [2.05, 4.69) is 16.2 Å². The highest BCUT2D eigenvalue weighted by Gasteiger charge is 2.33. The normalized spacial score (nSPS) is 20.3. The first kappa shape index (κ1) is 18.7. The van der Waals surface area contributed by atoms with Crippen LogP contribution >= 0.6 is 12.0 Å². The van der Waals surface area contributed by atoms with E-state index in [1.54, 1.807) is 18.2 Å². The summed E-state index contributed by atoms with van der Waals surface area (Å²) in [6.45, 7) is 4.78. The standard InChI is InChI=1S/C17H22F3NO3S/c1-2-8-21(10-12-6-7-12)13-9-14-15(22-11-13)4-3-5-16(14)23-24-25-17(18,19)20/h3-5,12-13H,2,6-11H2,1H3. The second kappa shape index (κ2) is 8.05. The second-order valence-electron chi connectivity index (χ2n) is 6.52. The smallest absolute Gasteiger partial charge is 0.471 e. The maximum Gasteiger partial charge on any atom is 0.471 e. The largest absolute Gasteiger partial charge is 0.492 e. The molecule has 2 aliphatic rings. The molecule has 0 spiro atoms. The Morgan fingerprint density at radius 2 is 2.12 bits per heavy atom. The Bertz CT molecular complexity index is 581. The van der Waals surface area contributed by atoms with Crippen LogP contribution in [0.4, 0.5) is 13.2 Å². The van der Waals surface area contributed by atoms with Crippen LogP contribution in [-0.2, 0) is 10.8 Å². The number of halogens is 3. The molecule has 0 bridgehead atoms. The topological polar surface area (TPSA) is 30.9 Å². The van der Waals surface area contributed by atoms with Gasteiger partial charge in [-0.25, -0.2) is 0 Å². The van der Waals surface area contributed by atoms with Gasteiger partial charge in [0.05, 0.1) is 0 Å². The molecule has 1 heterocycles. The lowest BCUT2D eigenvalue weighted by molar-refractivity contribution is -0.108. The quantitative estimate of drug-likeness (QED) is 0.376. The summed E-state index contributed by atoms with van der Waals surface area (Å²) in [5, 5.41) is 0. The summed E-state index contributed by atoms with van der Waals surface area (Å²) in [7, 11) is 0. The number of fused-ring (bicyclic) bond motifs is 1. The van der Waals surface area contributed by atoms with Gasteiger partial charge in [-0.2, -0.15) is 13.2 Å². The van der Waals surface area contributed by atoms with Crippen molar-refractivity contribution < 1.29 is 27.1 Å². The van der Waals surface area contributed by atoms with Crippen molar-refractivity contribution in [3.05, 3.63) is 23.8 Å². The van der Waals surface area contributed by atoms with Crippen LogP contribution in [0.5, 0.6) is 11.5 Å². The first-order chi connectivity index (χ1) is 12.0. The molecule has 1 aromatic carbocycles. The fraction of sp³-hybridized carbons (Fsp3) is 0.647. The third kappa shape index (κ3) is 5.43. The zero-order chi connectivity index (χ0) is 17.9. The molecule has 0 aromatic heterocycles. The van der Waals surface area contributed by atoms with Crippen LogP contribution < -0.4 is 9.62 Å². The molecule has 0 radical (unpaired) electrons. The zero-order valence-electron chi connectivity index (χ0n) is 14.1. The Hall–Kier alpha value is -1.12. The third-order valence-corrected chi connectivity index (χ3v) is 4.76. The summed E-state index contributed by atoms with van der Waals surface area (Å²) in [5.41, 5.74) is -3.74. The number of hydrogen-bond acceptors (Lipinski definition) is 5. The zero-order valence-corrected chi connectivity index (χ0v) is 14.9. The second-order valence-corrected chi connectivity index (χ2v) is 7.29. The Morgan fingerprint density at radius 3 is 2.80 bits per heavy atom. The van der Waals surface area contributed by atoms with Gasteiger partial charge in [0.1, 0.15) is 12.4 Å². The molecule has 1 atom stereocenters. The molecule has 0 N–H and O–H groups in total. The lowest BCUT2D eigenvalue weighted by atomic mass is 10.00. The van der Waals surface area contributed by atoms with Gasteiger partial charge in [0.25, 0.3) is 0 Å². The van der Waals surface area contributed by atoms with E-state index < -0.39 is 17.6 Å². The summed E-state index contributed by atoms with van der Waals surface area (Å²) in [5.74, 6) is 1.70. The predicted octanol–water partition coefficient (Wildman–Crippen LogP) is 4.59. The summed E-state index contributed by atoms with van der Waals surface area (Å²) in [6, 6.07) is 5.30. The summed E-state index contributed by atoms with van der Waals surface area (Å²) in [6.07, 6.45) is 4.29. The van der Waals surface area contributed by atoms with Crippen molar-refractivity contribution in [2.24, 2.45) is 5.92 Å². The number of nitrogens with zero attached hydrogens (tertiary/aromatic N) is 1. The molecular formula is C17H22F3NO3S. The number of ether oxygens (including phenoxy) is 1. The Labute approximate surface area is 149 Å². The van der Waals surface area contributed by atoms with Gasteiger partial charge in [-0.1, -0.05) is 13.0 Å². The van der Waals surface area contributed by atoms with E-state index in [0.717, 1.165) is 31.0 Å². The van der Waals surface area contributed by atoms with Gasteiger partial charge in [0.2, 0.25) is 0 Å². The van der Waals surface area contributed by atoms with E-state index in [4.69, 9.17) is 9.62 Å². The van der Waals surface area contributed by atoms with E-state index in [9.17, 15) is 13.2 Å². The van der Waals surface area contributed by atoms with E-state index in [-0.39, 0.29) is 11.8 Å². The molecule has 1 fully saturated rings. The Morgan fingerprint density at radius 1 is 1.32 bits per heavy atom. The summed E-state index contributed by atoms with van der Waals surface area (Å²) < 4.78 is 46.7. The van der Waals surface area contributed by atoms with Gasteiger partial charge < -0.3 is 9.62 Å². The van der Waals surface area contributed by atoms with Crippen LogP contribution in [0, 0.1) is 5.92 Å². The molecule has 0 amide bonds. The van der Waals surface area contributed by atoms with Crippen LogP contribution in [0.3, 0.4) is 0 Å². The molecule has 25 heavy (non-hydrogen) atoms. The van der Waals surface area contributed by atoms with E-state index in [1.165, 1.54) is 12.8 Å². The maximum atomic E-state index is 12.2. The molecule has 1 aliphatic heterocycles. The molecule has 4 nitrogen and oxygen atoms in total. The van der Waals surface area contributed by atoms with Crippen LogP contribution in [0.1, 0.15) is 31.7 Å². The SMILES string of the molecule is CCCN(CC1CC1)C1COc2cccc(OOSC(F)(F)F)c2C1. The van der Waals surface area contributed by atoms with Crippen LogP contribution in [0.2, 0.25) is 0 Å². The minimum atomic E-state index is -4.50. The molecule has 1 aromatic rings. The highest BCUT2D eigenvalue weighted by Crippen LogP contribution is 2.38. The van der Waals surface area contributed by atoms with Crippen molar-refractivity contribution in [2.75, 3.05) is 19.7 Å². The van der Waals surface area contributed by atoms with Gasteiger partial charge in [-0.05, 0) is 50.3 Å². The molecule has 1 unspecified atom stereocenters. The van der Waals surface area contributed by atoms with Crippen molar-refractivity contribution in [1.29, 1.82) is 0 Å². The number of rotatable bonds is 8. The molecule has 1 saturated carbocycles. The minimum Gasteiger partial charge on any atom is -0.492 e. The average Bonchev–Trinajstić information content (AvgIpc) is 3.37. The lowest BCUT2D eigenvalue weighted by Gasteiger charge is -2.35. The molecule has 8 heteroatoms. The van der Waals surface area contributed by atoms with E-state index in [0.29, 0.717) is 18.8 Å². The molecule has 1 aliphatic carbocycles. The first-order valence-electron chi connectivity index (χ1n) is 8.54. The van der Waals surface area contributed by atoms with Gasteiger partial charge >= 0.3 is 5.51 Å². The highest BCUT2D eigenvalue weighted by molar-refractivity contribution is 7.95. The van der Waals surface area contributed by atoms with Crippen LogP contribution in [0.25, 0.3) is 0 Å². The minimum absolute atomic E-state index is 0.202. The van der Waals surface area contributed by atoms with Crippen molar-refractivity contribution in [3.63, 3.8) is 0 Å². The lowest BCUT2D eigenvalue weighted by Crippen LogP contribution is -2.44. The van der Waals surface area contributed by atoms with Crippen molar-refractivity contribution in [2.45, 2.75) is 44.2 Å². The van der Waals surface area contributed by atoms with Crippen LogP contribution in [-0.4, -0.2) is 36.1 Å². The fourth-order valence-electron chi connectivity index (χ4n) is 3.11. The maximum absolute atomic E-state index is 12.2. The third-order valence-electron chi connectivity index (χ3n) is 4.43. The highest BCUT2D eigenvalue weighted by atomic mass is 32.2. The molecule has 140 valence electrons. The van der Waals surface area contributed by atoms with Crippen molar-refractivity contribution in [1.82, 2.24) is 4.90 Å². The summed E-state index contributed by atoms with van der Waals surface area (Å²) in [4.78, 5) is 7.34. The predicted molar refractivity (Wildman–Crippen MR) is 89.4 cm³/mol. The Balaban J connectivity index is 1.67. The van der Waals surface area contributed by atoms with E-state index in [1.807, 2.05) is 0 Å². The van der Waals surface area contributed by atoms with Gasteiger partial charge in [0.15, 0.2) is 17.8 Å². The number of alkyl halides is 3. The molecule has 0 saturated heterocycles. The Kier molecular flexibility index (Phi) is 6.01. The number of benzene rings is 1. The monoisotopic (exact) mass is 377 g/mol. The van der Waals surface area contributed by atoms with Crippen molar-refractivity contribution >= 4 is 12.0 Å². The fourth-order valence-corrected chi connectivity index (χ4v) is 3.29. The van der Waals surface area contributed by atoms with Gasteiger partial charge in [-0.15, -0.1) is 4.33 Å². The summed E-state index contributed by atoms with van der Waals surface area (Å²) >= 11 is -0.662. The first-order valence-corrected chi connectivity index (χ1v) is 9.28. The van der Waals surface area contributed by atoms with Gasteiger partial charge in [0, 0.05) is 18.2 Å².